The minimum Gasteiger partial charge on any atom is -0.382 e. The Labute approximate surface area is 55.7 Å². The molecule has 0 aliphatic rings. The fourth-order valence-corrected chi connectivity index (χ4v) is 1.46. The van der Waals surface area contributed by atoms with Crippen molar-refractivity contribution < 1.29 is 0 Å². The second-order valence-corrected chi connectivity index (χ2v) is 2.68. The average molecular weight is 139 g/mol. The van der Waals surface area contributed by atoms with Crippen molar-refractivity contribution in [2.24, 2.45) is 0 Å². The Balaban J connectivity index is 2.92. The summed E-state index contributed by atoms with van der Waals surface area (Å²) in [5, 5.41) is 5.95. The third-order valence-electron chi connectivity index (χ3n) is 1.11. The molecule has 0 aliphatic carbocycles. The quantitative estimate of drug-likeness (QED) is 0.591. The van der Waals surface area contributed by atoms with E-state index < -0.39 is 0 Å². The molecular weight excluding hydrogens is 134 g/mol. The number of thiazole rings is 1. The highest BCUT2D eigenvalue weighted by atomic mass is 32.1. The van der Waals surface area contributed by atoms with Crippen LogP contribution >= 0.6 is 11.3 Å². The van der Waals surface area contributed by atoms with E-state index in [2.05, 4.69) is 5.10 Å². The number of nitrogens with zero attached hydrogens (tertiary/aromatic N) is 2. The maximum Gasteiger partial charge on any atom is 0.147 e. The van der Waals surface area contributed by atoms with Gasteiger partial charge in [-0.1, -0.05) is 0 Å². The van der Waals surface area contributed by atoms with Gasteiger partial charge in [0.2, 0.25) is 0 Å². The number of fused-ring (bicyclic) bond motifs is 1. The number of aromatic nitrogens is 2. The predicted molar refractivity (Wildman–Crippen MR) is 37.5 cm³/mol. The van der Waals surface area contributed by atoms with Gasteiger partial charge in [0.15, 0.2) is 0 Å². The highest BCUT2D eigenvalue weighted by Gasteiger charge is 1.95. The Kier molecular flexibility index (Phi) is 0.790. The molecule has 0 aliphatic heterocycles. The Hall–Kier alpha value is -1.03. The van der Waals surface area contributed by atoms with Crippen molar-refractivity contribution in [3.63, 3.8) is 0 Å². The summed E-state index contributed by atoms with van der Waals surface area (Å²) in [5.74, 6) is 0.585. The summed E-state index contributed by atoms with van der Waals surface area (Å²) < 4.78 is 1.76. The molecule has 0 saturated carbocycles. The molecule has 4 heteroatoms. The molecule has 2 N–H and O–H groups in total. The Bertz CT molecular complexity index is 293. The molecule has 0 unspecified atom stereocenters. The van der Waals surface area contributed by atoms with Crippen molar-refractivity contribution in [3.8, 4) is 0 Å². The molecule has 0 fully saturated rings. The Morgan fingerprint density at radius 2 is 2.56 bits per heavy atom. The SMILES string of the molecule is Nc1cc2sccn2n1. The summed E-state index contributed by atoms with van der Waals surface area (Å²) in [6, 6.07) is 1.85. The standard InChI is InChI=1S/C5H5N3S/c6-4-3-5-8(7-4)1-2-9-5/h1-3H,(H2,6,7). The largest absolute Gasteiger partial charge is 0.382 e. The molecule has 0 bridgehead atoms. The van der Waals surface area contributed by atoms with E-state index in [1.165, 1.54) is 0 Å². The minimum atomic E-state index is 0.585. The molecule has 0 atom stereocenters. The van der Waals surface area contributed by atoms with E-state index in [-0.39, 0.29) is 0 Å². The normalized spacial score (nSPS) is 10.7. The molecule has 0 saturated heterocycles. The molecular formula is C5H5N3S. The van der Waals surface area contributed by atoms with Crippen molar-refractivity contribution in [3.05, 3.63) is 17.6 Å². The molecule has 46 valence electrons. The van der Waals surface area contributed by atoms with Gasteiger partial charge in [0.1, 0.15) is 10.6 Å². The van der Waals surface area contributed by atoms with Crippen LogP contribution in [0.4, 0.5) is 5.82 Å². The minimum absolute atomic E-state index is 0.585. The first kappa shape index (κ1) is 4.81. The van der Waals surface area contributed by atoms with Crippen LogP contribution in [0.5, 0.6) is 0 Å². The smallest absolute Gasteiger partial charge is 0.147 e. The Morgan fingerprint density at radius 1 is 1.67 bits per heavy atom. The van der Waals surface area contributed by atoms with E-state index in [9.17, 15) is 0 Å². The molecule has 2 heterocycles. The summed E-state index contributed by atoms with van der Waals surface area (Å²) in [6.45, 7) is 0. The van der Waals surface area contributed by atoms with Gasteiger partial charge in [-0.05, 0) is 0 Å². The lowest BCUT2D eigenvalue weighted by atomic mass is 10.7. The van der Waals surface area contributed by atoms with Gasteiger partial charge in [0, 0.05) is 17.6 Å². The van der Waals surface area contributed by atoms with Crippen LogP contribution in [0.15, 0.2) is 17.6 Å². The van der Waals surface area contributed by atoms with Gasteiger partial charge in [-0.15, -0.1) is 16.4 Å². The molecule has 0 amide bonds. The van der Waals surface area contributed by atoms with Crippen molar-refractivity contribution in [2.75, 3.05) is 5.73 Å². The van der Waals surface area contributed by atoms with Gasteiger partial charge in [-0.2, -0.15) is 0 Å². The molecule has 2 rings (SSSR count). The molecule has 0 spiro atoms. The molecule has 0 radical (unpaired) electrons. The number of nitrogen functional groups attached to an aromatic ring is 1. The lowest BCUT2D eigenvalue weighted by molar-refractivity contribution is 0.985. The third-order valence-corrected chi connectivity index (χ3v) is 1.92. The lowest BCUT2D eigenvalue weighted by Crippen LogP contribution is -1.85. The van der Waals surface area contributed by atoms with E-state index in [0.717, 1.165) is 4.83 Å². The zero-order valence-corrected chi connectivity index (χ0v) is 5.43. The first-order chi connectivity index (χ1) is 4.36. The van der Waals surface area contributed by atoms with Crippen molar-refractivity contribution >= 4 is 22.0 Å². The van der Waals surface area contributed by atoms with Crippen LogP contribution in [0.1, 0.15) is 0 Å². The second-order valence-electron chi connectivity index (χ2n) is 1.76. The summed E-state index contributed by atoms with van der Waals surface area (Å²) in [7, 11) is 0. The summed E-state index contributed by atoms with van der Waals surface area (Å²) >= 11 is 1.63. The van der Waals surface area contributed by atoms with E-state index in [1.54, 1.807) is 15.9 Å². The maximum absolute atomic E-state index is 5.41. The first-order valence-electron chi connectivity index (χ1n) is 2.54. The van der Waals surface area contributed by atoms with Gasteiger partial charge in [0.25, 0.3) is 0 Å². The summed E-state index contributed by atoms with van der Waals surface area (Å²) in [5.41, 5.74) is 5.41. The second kappa shape index (κ2) is 1.48. The number of hydrogen-bond acceptors (Lipinski definition) is 3. The van der Waals surface area contributed by atoms with Crippen molar-refractivity contribution in [1.82, 2.24) is 9.61 Å². The van der Waals surface area contributed by atoms with Gasteiger partial charge >= 0.3 is 0 Å². The van der Waals surface area contributed by atoms with Crippen molar-refractivity contribution in [2.45, 2.75) is 0 Å². The lowest BCUT2D eigenvalue weighted by Gasteiger charge is -1.74. The molecule has 2 aromatic heterocycles. The van der Waals surface area contributed by atoms with Gasteiger partial charge in [-0.25, -0.2) is 4.52 Å². The van der Waals surface area contributed by atoms with Crippen LogP contribution in [-0.2, 0) is 0 Å². The van der Waals surface area contributed by atoms with Gasteiger partial charge < -0.3 is 5.73 Å². The van der Waals surface area contributed by atoms with Gasteiger partial charge in [0.05, 0.1) is 0 Å². The zero-order valence-electron chi connectivity index (χ0n) is 4.61. The number of hydrogen-bond donors (Lipinski definition) is 1. The average Bonchev–Trinajstić information content (AvgIpc) is 2.22. The first-order valence-corrected chi connectivity index (χ1v) is 3.42. The molecule has 9 heavy (non-hydrogen) atoms. The van der Waals surface area contributed by atoms with Crippen LogP contribution < -0.4 is 5.73 Å². The van der Waals surface area contributed by atoms with Crippen LogP contribution in [0.3, 0.4) is 0 Å². The number of rotatable bonds is 0. The maximum atomic E-state index is 5.41. The Morgan fingerprint density at radius 3 is 3.33 bits per heavy atom. The van der Waals surface area contributed by atoms with Crippen molar-refractivity contribution in [1.29, 1.82) is 0 Å². The molecule has 3 nitrogen and oxygen atoms in total. The van der Waals surface area contributed by atoms with E-state index in [0.29, 0.717) is 5.82 Å². The molecule has 2 aromatic rings. The van der Waals surface area contributed by atoms with Crippen LogP contribution in [0.25, 0.3) is 4.83 Å². The topological polar surface area (TPSA) is 43.3 Å². The van der Waals surface area contributed by atoms with Gasteiger partial charge in [-0.3, -0.25) is 0 Å². The highest BCUT2D eigenvalue weighted by Crippen LogP contribution is 2.12. The van der Waals surface area contributed by atoms with Crippen LogP contribution in [0.2, 0.25) is 0 Å². The number of nitrogens with two attached hydrogens (primary N) is 1. The number of anilines is 1. The molecule has 0 aromatic carbocycles. The summed E-state index contributed by atoms with van der Waals surface area (Å²) in [6.07, 6.45) is 1.89. The van der Waals surface area contributed by atoms with Crippen LogP contribution in [0, 0.1) is 0 Å². The highest BCUT2D eigenvalue weighted by molar-refractivity contribution is 7.15. The van der Waals surface area contributed by atoms with E-state index in [4.69, 9.17) is 5.73 Å². The predicted octanol–water partition coefficient (Wildman–Crippen LogP) is 0.978. The zero-order chi connectivity index (χ0) is 6.27. The fourth-order valence-electron chi connectivity index (χ4n) is 0.748. The third kappa shape index (κ3) is 0.598. The van der Waals surface area contributed by atoms with E-state index in [1.807, 2.05) is 17.6 Å². The van der Waals surface area contributed by atoms with E-state index >= 15 is 0 Å². The fraction of sp³-hybridized carbons (Fsp3) is 0. The van der Waals surface area contributed by atoms with Crippen LogP contribution in [-0.4, -0.2) is 9.61 Å². The summed E-state index contributed by atoms with van der Waals surface area (Å²) in [4.78, 5) is 1.09. The monoisotopic (exact) mass is 139 g/mol.